The zero-order valence-electron chi connectivity index (χ0n) is 14.6. The Labute approximate surface area is 152 Å². The monoisotopic (exact) mass is 351 g/mol. The highest BCUT2D eigenvalue weighted by Gasteiger charge is 2.62. The van der Waals surface area contributed by atoms with Crippen molar-refractivity contribution in [2.24, 2.45) is 5.92 Å². The first-order valence-electron chi connectivity index (χ1n) is 8.86. The lowest BCUT2D eigenvalue weighted by atomic mass is 9.78. The topological polar surface area (TPSA) is 55.8 Å². The number of esters is 1. The zero-order valence-corrected chi connectivity index (χ0v) is 14.6. The summed E-state index contributed by atoms with van der Waals surface area (Å²) in [6.45, 7) is 1.64. The Morgan fingerprint density at radius 1 is 1.04 bits per heavy atom. The fourth-order valence-corrected chi connectivity index (χ4v) is 4.09. The van der Waals surface area contributed by atoms with Gasteiger partial charge in [-0.3, -0.25) is 9.69 Å². The zero-order chi connectivity index (χ0) is 18.1. The molecule has 2 aromatic carbocycles. The quantitative estimate of drug-likeness (QED) is 0.788. The van der Waals surface area contributed by atoms with E-state index in [1.807, 2.05) is 60.7 Å². The number of nitrogens with zero attached hydrogens (tertiary/aromatic N) is 1. The SMILES string of the molecule is CC(=O)O[C@H]1[C@@H]2C[C@H]1N(C(=O)OCc1ccccc1)[C@H]2c1ccccc1. The fraction of sp³-hybridized carbons (Fsp3) is 0.333. The molecule has 0 N–H and O–H groups in total. The maximum atomic E-state index is 12.8. The molecule has 1 amide bonds. The number of carbonyl (C=O) groups excluding carboxylic acids is 2. The summed E-state index contributed by atoms with van der Waals surface area (Å²) in [5, 5.41) is 0. The van der Waals surface area contributed by atoms with Crippen molar-refractivity contribution in [1.82, 2.24) is 4.90 Å². The van der Waals surface area contributed by atoms with E-state index >= 15 is 0 Å². The van der Waals surface area contributed by atoms with Crippen LogP contribution < -0.4 is 0 Å². The molecule has 26 heavy (non-hydrogen) atoms. The Balaban J connectivity index is 1.54. The fourth-order valence-electron chi connectivity index (χ4n) is 4.09. The number of amides is 1. The van der Waals surface area contributed by atoms with Crippen molar-refractivity contribution in [3.63, 3.8) is 0 Å². The lowest BCUT2D eigenvalue weighted by Crippen LogP contribution is -2.47. The minimum atomic E-state index is -0.357. The Kier molecular flexibility index (Phi) is 4.37. The van der Waals surface area contributed by atoms with Crippen molar-refractivity contribution in [1.29, 1.82) is 0 Å². The molecule has 1 aliphatic carbocycles. The third-order valence-corrected chi connectivity index (χ3v) is 5.24. The molecule has 2 saturated heterocycles. The van der Waals surface area contributed by atoms with Crippen LogP contribution in [0.3, 0.4) is 0 Å². The second kappa shape index (κ2) is 6.83. The number of benzene rings is 2. The second-order valence-electron chi connectivity index (χ2n) is 6.84. The minimum Gasteiger partial charge on any atom is -0.460 e. The van der Waals surface area contributed by atoms with Gasteiger partial charge in [0.25, 0.3) is 0 Å². The highest BCUT2D eigenvalue weighted by Crippen LogP contribution is 2.55. The van der Waals surface area contributed by atoms with Gasteiger partial charge in [-0.15, -0.1) is 0 Å². The first-order valence-corrected chi connectivity index (χ1v) is 8.86. The lowest BCUT2D eigenvalue weighted by molar-refractivity contribution is -0.154. The second-order valence-corrected chi connectivity index (χ2v) is 6.84. The molecule has 0 aromatic heterocycles. The van der Waals surface area contributed by atoms with E-state index in [1.54, 1.807) is 4.90 Å². The number of ether oxygens (including phenoxy) is 2. The van der Waals surface area contributed by atoms with E-state index in [9.17, 15) is 9.59 Å². The van der Waals surface area contributed by atoms with Gasteiger partial charge in [-0.25, -0.2) is 4.79 Å². The summed E-state index contributed by atoms with van der Waals surface area (Å²) >= 11 is 0. The molecule has 4 atom stereocenters. The Hall–Kier alpha value is -2.82. The van der Waals surface area contributed by atoms with E-state index < -0.39 is 0 Å². The maximum absolute atomic E-state index is 12.8. The van der Waals surface area contributed by atoms with Crippen LogP contribution in [0.15, 0.2) is 60.7 Å². The van der Waals surface area contributed by atoms with Crippen LogP contribution in [-0.4, -0.2) is 29.1 Å². The third-order valence-electron chi connectivity index (χ3n) is 5.24. The van der Waals surface area contributed by atoms with Crippen molar-refractivity contribution in [2.75, 3.05) is 0 Å². The van der Waals surface area contributed by atoms with Crippen LogP contribution in [0.2, 0.25) is 0 Å². The van der Waals surface area contributed by atoms with Crippen LogP contribution in [0.5, 0.6) is 0 Å². The van der Waals surface area contributed by atoms with Gasteiger partial charge in [0.2, 0.25) is 0 Å². The first-order chi connectivity index (χ1) is 12.6. The Bertz CT molecular complexity index is 792. The molecule has 2 aliphatic heterocycles. The highest BCUT2D eigenvalue weighted by molar-refractivity contribution is 5.71. The first kappa shape index (κ1) is 16.6. The molecule has 2 heterocycles. The van der Waals surface area contributed by atoms with Crippen LogP contribution in [0, 0.1) is 5.92 Å². The summed E-state index contributed by atoms with van der Waals surface area (Å²) in [7, 11) is 0. The molecule has 2 aromatic rings. The molecule has 0 unspecified atom stereocenters. The van der Waals surface area contributed by atoms with Gasteiger partial charge in [0.15, 0.2) is 0 Å². The van der Waals surface area contributed by atoms with Crippen molar-refractivity contribution in [3.8, 4) is 0 Å². The van der Waals surface area contributed by atoms with Crippen molar-refractivity contribution >= 4 is 12.1 Å². The molecule has 0 spiro atoms. The molecule has 3 fully saturated rings. The molecule has 5 rings (SSSR count). The van der Waals surface area contributed by atoms with E-state index in [4.69, 9.17) is 9.47 Å². The lowest BCUT2D eigenvalue weighted by Gasteiger charge is -2.34. The summed E-state index contributed by atoms with van der Waals surface area (Å²) < 4.78 is 11.0. The smallest absolute Gasteiger partial charge is 0.411 e. The molecule has 3 aliphatic rings. The van der Waals surface area contributed by atoms with Crippen LogP contribution in [-0.2, 0) is 20.9 Å². The largest absolute Gasteiger partial charge is 0.460 e. The van der Waals surface area contributed by atoms with Crippen LogP contribution in [0.1, 0.15) is 30.5 Å². The van der Waals surface area contributed by atoms with E-state index in [0.717, 1.165) is 17.5 Å². The van der Waals surface area contributed by atoms with Crippen molar-refractivity contribution in [2.45, 2.75) is 38.1 Å². The molecular formula is C21H21NO4. The standard InChI is InChI=1S/C21H21NO4/c1-14(23)26-20-17-12-18(20)22(19(17)16-10-6-3-7-11-16)21(24)25-13-15-8-4-2-5-9-15/h2-11,17-20H,12-13H2,1H3/t17-,18-,19+,20+/m1/s1. The predicted octanol–water partition coefficient (Wildman–Crippen LogP) is 3.70. The van der Waals surface area contributed by atoms with Gasteiger partial charge >= 0.3 is 12.1 Å². The van der Waals surface area contributed by atoms with Gasteiger partial charge in [-0.2, -0.15) is 0 Å². The van der Waals surface area contributed by atoms with Crippen LogP contribution in [0.25, 0.3) is 0 Å². The van der Waals surface area contributed by atoms with Crippen molar-refractivity contribution < 1.29 is 19.1 Å². The molecule has 5 nitrogen and oxygen atoms in total. The summed E-state index contributed by atoms with van der Waals surface area (Å²) in [6.07, 6.45) is 0.227. The third kappa shape index (κ3) is 2.94. The van der Waals surface area contributed by atoms with Gasteiger partial charge in [0.05, 0.1) is 12.1 Å². The van der Waals surface area contributed by atoms with Crippen molar-refractivity contribution in [3.05, 3.63) is 71.8 Å². The number of carbonyl (C=O) groups is 2. The molecule has 5 heteroatoms. The van der Waals surface area contributed by atoms with Gasteiger partial charge in [-0.1, -0.05) is 60.7 Å². The maximum Gasteiger partial charge on any atom is 0.411 e. The van der Waals surface area contributed by atoms with Gasteiger partial charge in [-0.05, 0) is 17.5 Å². The average molecular weight is 351 g/mol. The number of hydrogen-bond donors (Lipinski definition) is 0. The number of fused-ring (bicyclic) bond motifs is 1. The molecule has 2 bridgehead atoms. The van der Waals surface area contributed by atoms with Crippen LogP contribution in [0.4, 0.5) is 4.79 Å². The molecule has 0 radical (unpaired) electrons. The minimum absolute atomic E-state index is 0.114. The summed E-state index contributed by atoms with van der Waals surface area (Å²) in [6, 6.07) is 19.3. The Morgan fingerprint density at radius 2 is 1.69 bits per heavy atom. The molecule has 1 saturated carbocycles. The van der Waals surface area contributed by atoms with Gasteiger partial charge < -0.3 is 9.47 Å². The number of hydrogen-bond acceptors (Lipinski definition) is 4. The van der Waals surface area contributed by atoms with Gasteiger partial charge in [0.1, 0.15) is 12.7 Å². The molecule has 134 valence electrons. The van der Waals surface area contributed by atoms with Crippen LogP contribution >= 0.6 is 0 Å². The summed E-state index contributed by atoms with van der Waals surface area (Å²) in [4.78, 5) is 26.0. The number of rotatable bonds is 4. The predicted molar refractivity (Wildman–Crippen MR) is 95.1 cm³/mol. The summed E-state index contributed by atoms with van der Waals surface area (Å²) in [5.41, 5.74) is 1.99. The van der Waals surface area contributed by atoms with E-state index in [-0.39, 0.29) is 42.8 Å². The normalized spacial score (nSPS) is 26.1. The van der Waals surface area contributed by atoms with Gasteiger partial charge in [0, 0.05) is 12.8 Å². The molecular weight excluding hydrogens is 330 g/mol. The van der Waals surface area contributed by atoms with E-state index in [2.05, 4.69) is 0 Å². The Morgan fingerprint density at radius 3 is 2.35 bits per heavy atom. The highest BCUT2D eigenvalue weighted by atomic mass is 16.6. The van der Waals surface area contributed by atoms with E-state index in [0.29, 0.717) is 0 Å². The van der Waals surface area contributed by atoms with E-state index in [1.165, 1.54) is 6.92 Å². The summed E-state index contributed by atoms with van der Waals surface area (Å²) in [5.74, 6) is -0.188. The average Bonchev–Trinajstić information content (AvgIpc) is 3.20.